The van der Waals surface area contributed by atoms with E-state index in [1.807, 2.05) is 12.1 Å². The molecule has 5 heteroatoms. The zero-order valence-corrected chi connectivity index (χ0v) is 10.9. The third-order valence-electron chi connectivity index (χ3n) is 2.56. The summed E-state index contributed by atoms with van der Waals surface area (Å²) in [5.74, 6) is -0.328. The van der Waals surface area contributed by atoms with Crippen LogP contribution in [0, 0.1) is 0 Å². The van der Waals surface area contributed by atoms with Crippen molar-refractivity contribution in [2.45, 2.75) is 0 Å². The van der Waals surface area contributed by atoms with Gasteiger partial charge >= 0.3 is 5.97 Å². The van der Waals surface area contributed by atoms with Crippen LogP contribution in [-0.4, -0.2) is 18.2 Å². The maximum atomic E-state index is 11.1. The van der Waals surface area contributed by atoms with Gasteiger partial charge in [-0.15, -0.1) is 0 Å². The second-order valence-corrected chi connectivity index (χ2v) is 4.29. The third-order valence-corrected chi connectivity index (χ3v) is 2.80. The Balaban J connectivity index is 2.36. The van der Waals surface area contributed by atoms with Gasteiger partial charge in [-0.25, -0.2) is 4.79 Å². The van der Waals surface area contributed by atoms with Crippen LogP contribution in [0.15, 0.2) is 42.5 Å². The molecule has 0 aliphatic rings. The molecule has 0 aliphatic carbocycles. The second-order valence-electron chi connectivity index (χ2n) is 3.85. The number of carbonyl (C=O) groups is 1. The van der Waals surface area contributed by atoms with Gasteiger partial charge in [0.15, 0.2) is 0 Å². The summed E-state index contributed by atoms with van der Waals surface area (Å²) < 4.78 is 5.11. The van der Waals surface area contributed by atoms with Crippen molar-refractivity contribution in [3.63, 3.8) is 0 Å². The lowest BCUT2D eigenvalue weighted by atomic mass is 10.1. The minimum absolute atomic E-state index is 0.159. The summed E-state index contributed by atoms with van der Waals surface area (Å²) in [7, 11) is 1.57. The molecular formula is C14H12ClNO3. The van der Waals surface area contributed by atoms with E-state index in [1.54, 1.807) is 31.4 Å². The van der Waals surface area contributed by atoms with Gasteiger partial charge in [0.05, 0.1) is 18.4 Å². The van der Waals surface area contributed by atoms with Crippen molar-refractivity contribution < 1.29 is 14.6 Å². The molecule has 0 unspecified atom stereocenters. The van der Waals surface area contributed by atoms with E-state index in [9.17, 15) is 4.79 Å². The van der Waals surface area contributed by atoms with Crippen LogP contribution < -0.4 is 10.1 Å². The fourth-order valence-corrected chi connectivity index (χ4v) is 1.83. The fourth-order valence-electron chi connectivity index (χ4n) is 1.66. The van der Waals surface area contributed by atoms with Gasteiger partial charge in [-0.1, -0.05) is 17.7 Å². The molecule has 98 valence electrons. The Hall–Kier alpha value is -2.20. The highest BCUT2D eigenvalue weighted by Gasteiger charge is 2.10. The quantitative estimate of drug-likeness (QED) is 0.893. The van der Waals surface area contributed by atoms with Crippen molar-refractivity contribution in [3.05, 3.63) is 53.1 Å². The average molecular weight is 278 g/mol. The predicted octanol–water partition coefficient (Wildman–Crippen LogP) is 3.79. The zero-order valence-electron chi connectivity index (χ0n) is 10.2. The number of nitrogens with one attached hydrogen (secondary N) is 1. The first kappa shape index (κ1) is 13.2. The largest absolute Gasteiger partial charge is 0.497 e. The van der Waals surface area contributed by atoms with Gasteiger partial charge in [0.25, 0.3) is 0 Å². The molecule has 2 rings (SSSR count). The molecule has 0 radical (unpaired) electrons. The molecule has 2 N–H and O–H groups in total. The Morgan fingerprint density at radius 3 is 2.74 bits per heavy atom. The normalized spacial score (nSPS) is 10.0. The van der Waals surface area contributed by atoms with E-state index in [1.165, 1.54) is 6.07 Å². The number of halogens is 1. The number of benzene rings is 2. The monoisotopic (exact) mass is 277 g/mol. The fraction of sp³-hybridized carbons (Fsp3) is 0.0714. The smallest absolute Gasteiger partial charge is 0.337 e. The van der Waals surface area contributed by atoms with Crippen molar-refractivity contribution in [1.29, 1.82) is 0 Å². The predicted molar refractivity (Wildman–Crippen MR) is 74.7 cm³/mol. The van der Waals surface area contributed by atoms with E-state index < -0.39 is 5.97 Å². The van der Waals surface area contributed by atoms with Gasteiger partial charge < -0.3 is 15.2 Å². The molecule has 0 atom stereocenters. The Morgan fingerprint density at radius 1 is 1.26 bits per heavy atom. The number of ether oxygens (including phenoxy) is 1. The standard InChI is InChI=1S/C14H12ClNO3/c1-19-11-4-2-3-10(8-11)16-13-7-9(15)5-6-12(13)14(17)18/h2-8,16H,1H3,(H,17,18). The van der Waals surface area contributed by atoms with Crippen LogP contribution in [0.4, 0.5) is 11.4 Å². The van der Waals surface area contributed by atoms with Crippen molar-refractivity contribution in [2.24, 2.45) is 0 Å². The van der Waals surface area contributed by atoms with E-state index in [-0.39, 0.29) is 5.56 Å². The summed E-state index contributed by atoms with van der Waals surface area (Å²) in [5.41, 5.74) is 1.32. The molecule has 2 aromatic carbocycles. The average Bonchev–Trinajstić information content (AvgIpc) is 2.38. The molecule has 4 nitrogen and oxygen atoms in total. The lowest BCUT2D eigenvalue weighted by Crippen LogP contribution is -2.02. The number of anilines is 2. The van der Waals surface area contributed by atoms with Crippen molar-refractivity contribution in [1.82, 2.24) is 0 Å². The highest BCUT2D eigenvalue weighted by Crippen LogP contribution is 2.26. The lowest BCUT2D eigenvalue weighted by Gasteiger charge is -2.11. The minimum Gasteiger partial charge on any atom is -0.497 e. The van der Waals surface area contributed by atoms with E-state index in [2.05, 4.69) is 5.32 Å². The van der Waals surface area contributed by atoms with Crippen molar-refractivity contribution in [3.8, 4) is 5.75 Å². The number of methoxy groups -OCH3 is 1. The SMILES string of the molecule is COc1cccc(Nc2cc(Cl)ccc2C(=O)O)c1. The van der Waals surface area contributed by atoms with Crippen LogP contribution in [-0.2, 0) is 0 Å². The summed E-state index contributed by atoms with van der Waals surface area (Å²) in [6.07, 6.45) is 0. The zero-order chi connectivity index (χ0) is 13.8. The topological polar surface area (TPSA) is 58.6 Å². The summed E-state index contributed by atoms with van der Waals surface area (Å²) in [6, 6.07) is 11.8. The number of hydrogen-bond donors (Lipinski definition) is 2. The Labute approximate surface area is 115 Å². The maximum absolute atomic E-state index is 11.1. The first-order chi connectivity index (χ1) is 9.10. The first-order valence-electron chi connectivity index (χ1n) is 5.54. The summed E-state index contributed by atoms with van der Waals surface area (Å²) in [5, 5.41) is 12.6. The van der Waals surface area contributed by atoms with Gasteiger partial charge in [-0.05, 0) is 30.3 Å². The molecule has 19 heavy (non-hydrogen) atoms. The molecule has 0 spiro atoms. The number of carboxylic acids is 1. The molecule has 0 fully saturated rings. The Kier molecular flexibility index (Phi) is 3.92. The number of rotatable bonds is 4. The molecule has 0 aromatic heterocycles. The molecular weight excluding hydrogens is 266 g/mol. The van der Waals surface area contributed by atoms with E-state index in [0.717, 1.165) is 5.69 Å². The summed E-state index contributed by atoms with van der Waals surface area (Å²) in [4.78, 5) is 11.1. The van der Waals surface area contributed by atoms with E-state index >= 15 is 0 Å². The van der Waals surface area contributed by atoms with Gasteiger partial charge in [0.1, 0.15) is 5.75 Å². The molecule has 0 aliphatic heterocycles. The van der Waals surface area contributed by atoms with Crippen LogP contribution in [0.1, 0.15) is 10.4 Å². The van der Waals surface area contributed by atoms with Crippen LogP contribution in [0.5, 0.6) is 5.75 Å². The van der Waals surface area contributed by atoms with Gasteiger partial charge in [-0.3, -0.25) is 0 Å². The van der Waals surface area contributed by atoms with Crippen LogP contribution in [0.3, 0.4) is 0 Å². The van der Waals surface area contributed by atoms with Crippen molar-refractivity contribution in [2.75, 3.05) is 12.4 Å². The van der Waals surface area contributed by atoms with Crippen molar-refractivity contribution >= 4 is 28.9 Å². The number of carboxylic acid groups (broad SMARTS) is 1. The second kappa shape index (κ2) is 5.63. The summed E-state index contributed by atoms with van der Waals surface area (Å²) in [6.45, 7) is 0. The molecule has 0 saturated heterocycles. The number of aromatic carboxylic acids is 1. The number of hydrogen-bond acceptors (Lipinski definition) is 3. The van der Waals surface area contributed by atoms with Gasteiger partial charge in [-0.2, -0.15) is 0 Å². The van der Waals surface area contributed by atoms with Crippen LogP contribution in [0.25, 0.3) is 0 Å². The van der Waals surface area contributed by atoms with Gasteiger partial charge in [0, 0.05) is 16.8 Å². The maximum Gasteiger partial charge on any atom is 0.337 e. The highest BCUT2D eigenvalue weighted by molar-refractivity contribution is 6.31. The Morgan fingerprint density at radius 2 is 2.05 bits per heavy atom. The van der Waals surface area contributed by atoms with E-state index in [4.69, 9.17) is 21.4 Å². The summed E-state index contributed by atoms with van der Waals surface area (Å²) >= 11 is 5.89. The molecule has 0 bridgehead atoms. The first-order valence-corrected chi connectivity index (χ1v) is 5.92. The molecule has 0 amide bonds. The Bertz CT molecular complexity index is 613. The lowest BCUT2D eigenvalue weighted by molar-refractivity contribution is 0.0698. The van der Waals surface area contributed by atoms with Gasteiger partial charge in [0.2, 0.25) is 0 Å². The molecule has 0 heterocycles. The van der Waals surface area contributed by atoms with E-state index in [0.29, 0.717) is 16.5 Å². The van der Waals surface area contributed by atoms with Crippen LogP contribution >= 0.6 is 11.6 Å². The molecule has 0 saturated carbocycles. The third kappa shape index (κ3) is 3.17. The van der Waals surface area contributed by atoms with Crippen LogP contribution in [0.2, 0.25) is 5.02 Å². The molecule has 2 aromatic rings. The minimum atomic E-state index is -1.01. The highest BCUT2D eigenvalue weighted by atomic mass is 35.5.